The van der Waals surface area contributed by atoms with Gasteiger partial charge in [0.25, 0.3) is 0 Å². The molecule has 0 saturated carbocycles. The topological polar surface area (TPSA) is 74.0 Å². The number of nitrogens with zero attached hydrogens (tertiary/aromatic N) is 2. The number of anilines is 1. The van der Waals surface area contributed by atoms with Gasteiger partial charge in [-0.15, -0.1) is 0 Å². The number of oxazole rings is 1. The molecule has 5 heteroatoms. The molecule has 0 radical (unpaired) electrons. The van der Waals surface area contributed by atoms with Crippen molar-refractivity contribution < 1.29 is 4.42 Å². The summed E-state index contributed by atoms with van der Waals surface area (Å²) in [7, 11) is 0. The van der Waals surface area contributed by atoms with Crippen LogP contribution >= 0.6 is 0 Å². The van der Waals surface area contributed by atoms with Gasteiger partial charge in [-0.05, 0) is 36.4 Å². The predicted octanol–water partition coefficient (Wildman–Crippen LogP) is 1.56. The van der Waals surface area contributed by atoms with E-state index in [0.717, 1.165) is 0 Å². The molecule has 3 aromatic rings. The van der Waals surface area contributed by atoms with Gasteiger partial charge in [0.05, 0.1) is 5.69 Å². The Hall–Kier alpha value is -2.56. The van der Waals surface area contributed by atoms with E-state index in [1.165, 1.54) is 4.57 Å². The van der Waals surface area contributed by atoms with E-state index >= 15 is 0 Å². The number of nitrogens with two attached hydrogens (primary N) is 1. The van der Waals surface area contributed by atoms with Gasteiger partial charge in [0.15, 0.2) is 11.2 Å². The van der Waals surface area contributed by atoms with Crippen LogP contribution in [0.15, 0.2) is 51.8 Å². The number of aromatic nitrogens is 2. The Kier molecular flexibility index (Phi) is 1.98. The van der Waals surface area contributed by atoms with Gasteiger partial charge >= 0.3 is 5.76 Å². The maximum Gasteiger partial charge on any atom is 0.425 e. The first-order chi connectivity index (χ1) is 8.25. The summed E-state index contributed by atoms with van der Waals surface area (Å²) in [6.07, 6.45) is 1.62. The zero-order valence-corrected chi connectivity index (χ0v) is 8.83. The molecular formula is C12H9N3O2. The molecule has 0 bridgehead atoms. The van der Waals surface area contributed by atoms with Gasteiger partial charge < -0.3 is 10.2 Å². The Morgan fingerprint density at radius 2 is 1.94 bits per heavy atom. The van der Waals surface area contributed by atoms with Crippen LogP contribution < -0.4 is 11.5 Å². The number of rotatable bonds is 1. The van der Waals surface area contributed by atoms with E-state index < -0.39 is 5.76 Å². The van der Waals surface area contributed by atoms with Crippen LogP contribution in [0.3, 0.4) is 0 Å². The molecule has 17 heavy (non-hydrogen) atoms. The van der Waals surface area contributed by atoms with E-state index in [9.17, 15) is 4.79 Å². The zero-order chi connectivity index (χ0) is 11.8. The van der Waals surface area contributed by atoms with Crippen molar-refractivity contribution in [2.24, 2.45) is 0 Å². The van der Waals surface area contributed by atoms with E-state index in [4.69, 9.17) is 10.2 Å². The van der Waals surface area contributed by atoms with Crippen LogP contribution in [-0.2, 0) is 0 Å². The van der Waals surface area contributed by atoms with E-state index in [-0.39, 0.29) is 0 Å². The minimum atomic E-state index is -0.455. The maximum atomic E-state index is 11.7. The van der Waals surface area contributed by atoms with Crippen molar-refractivity contribution in [1.29, 1.82) is 0 Å². The van der Waals surface area contributed by atoms with Crippen molar-refractivity contribution in [1.82, 2.24) is 9.55 Å². The van der Waals surface area contributed by atoms with E-state index in [1.807, 2.05) is 0 Å². The molecule has 1 aromatic carbocycles. The Morgan fingerprint density at radius 3 is 2.71 bits per heavy atom. The molecule has 0 unspecified atom stereocenters. The standard InChI is InChI=1S/C12H9N3O2/c13-8-3-5-9(6-4-8)15-11-10(17-12(15)16)2-1-7-14-11/h1-7H,13H2. The summed E-state index contributed by atoms with van der Waals surface area (Å²) in [6, 6.07) is 10.4. The van der Waals surface area contributed by atoms with Crippen molar-refractivity contribution in [3.05, 3.63) is 53.1 Å². The average Bonchev–Trinajstić information content (AvgIpc) is 2.66. The van der Waals surface area contributed by atoms with E-state index in [2.05, 4.69) is 4.98 Å². The highest BCUT2D eigenvalue weighted by atomic mass is 16.4. The lowest BCUT2D eigenvalue weighted by Crippen LogP contribution is -2.12. The number of hydrogen-bond acceptors (Lipinski definition) is 4. The average molecular weight is 227 g/mol. The summed E-state index contributed by atoms with van der Waals surface area (Å²) in [5.74, 6) is -0.455. The van der Waals surface area contributed by atoms with Crippen LogP contribution in [0, 0.1) is 0 Å². The fourth-order valence-corrected chi connectivity index (χ4v) is 1.71. The predicted molar refractivity (Wildman–Crippen MR) is 64.0 cm³/mol. The summed E-state index contributed by atoms with van der Waals surface area (Å²) in [4.78, 5) is 15.9. The quantitative estimate of drug-likeness (QED) is 0.640. The van der Waals surface area contributed by atoms with Crippen LogP contribution in [0.2, 0.25) is 0 Å². The molecule has 0 spiro atoms. The van der Waals surface area contributed by atoms with Crippen LogP contribution in [0.25, 0.3) is 16.9 Å². The zero-order valence-electron chi connectivity index (χ0n) is 8.83. The van der Waals surface area contributed by atoms with Crippen molar-refractivity contribution in [3.8, 4) is 5.69 Å². The lowest BCUT2D eigenvalue weighted by molar-refractivity contribution is 0.540. The molecule has 3 rings (SSSR count). The molecule has 0 atom stereocenters. The Labute approximate surface area is 96.1 Å². The van der Waals surface area contributed by atoms with Gasteiger partial charge in [0.1, 0.15) is 0 Å². The first kappa shape index (κ1) is 9.65. The molecular weight excluding hydrogens is 218 g/mol. The fourth-order valence-electron chi connectivity index (χ4n) is 1.71. The van der Waals surface area contributed by atoms with Gasteiger partial charge in [-0.1, -0.05) is 0 Å². The number of benzene rings is 1. The molecule has 2 N–H and O–H groups in total. The third kappa shape index (κ3) is 1.48. The van der Waals surface area contributed by atoms with Crippen LogP contribution in [0.4, 0.5) is 5.69 Å². The Balaban J connectivity index is 2.33. The Bertz CT molecular complexity index is 725. The van der Waals surface area contributed by atoms with Gasteiger partial charge in [-0.3, -0.25) is 0 Å². The van der Waals surface area contributed by atoms with Gasteiger partial charge in [0.2, 0.25) is 0 Å². The second kappa shape index (κ2) is 3.48. The first-order valence-electron chi connectivity index (χ1n) is 5.08. The molecule has 0 fully saturated rings. The largest absolute Gasteiger partial charge is 0.425 e. The molecule has 0 saturated heterocycles. The molecule has 0 aliphatic carbocycles. The minimum Gasteiger partial charge on any atom is -0.406 e. The second-order valence-electron chi connectivity index (χ2n) is 3.62. The second-order valence-corrected chi connectivity index (χ2v) is 3.62. The van der Waals surface area contributed by atoms with E-state index in [1.54, 1.807) is 42.6 Å². The minimum absolute atomic E-state index is 0.455. The monoisotopic (exact) mass is 227 g/mol. The van der Waals surface area contributed by atoms with Crippen molar-refractivity contribution in [3.63, 3.8) is 0 Å². The van der Waals surface area contributed by atoms with Gasteiger partial charge in [-0.25, -0.2) is 14.3 Å². The first-order valence-corrected chi connectivity index (χ1v) is 5.08. The summed E-state index contributed by atoms with van der Waals surface area (Å²) in [5.41, 5.74) is 7.90. The van der Waals surface area contributed by atoms with Crippen molar-refractivity contribution in [2.75, 3.05) is 5.73 Å². The third-order valence-corrected chi connectivity index (χ3v) is 2.49. The molecule has 0 aliphatic heterocycles. The highest BCUT2D eigenvalue weighted by Gasteiger charge is 2.11. The maximum absolute atomic E-state index is 11.7. The number of pyridine rings is 1. The summed E-state index contributed by atoms with van der Waals surface area (Å²) >= 11 is 0. The molecule has 0 amide bonds. The van der Waals surface area contributed by atoms with Gasteiger partial charge in [0, 0.05) is 11.9 Å². The van der Waals surface area contributed by atoms with Gasteiger partial charge in [-0.2, -0.15) is 0 Å². The van der Waals surface area contributed by atoms with Crippen molar-refractivity contribution in [2.45, 2.75) is 0 Å². The molecule has 2 aromatic heterocycles. The number of hydrogen-bond donors (Lipinski definition) is 1. The lowest BCUT2D eigenvalue weighted by Gasteiger charge is -2.01. The highest BCUT2D eigenvalue weighted by Crippen LogP contribution is 2.15. The van der Waals surface area contributed by atoms with Crippen LogP contribution in [-0.4, -0.2) is 9.55 Å². The number of fused-ring (bicyclic) bond motifs is 1. The molecule has 0 aliphatic rings. The summed E-state index contributed by atoms with van der Waals surface area (Å²) in [5, 5.41) is 0. The smallest absolute Gasteiger partial charge is 0.406 e. The molecule has 2 heterocycles. The fraction of sp³-hybridized carbons (Fsp3) is 0. The van der Waals surface area contributed by atoms with E-state index in [0.29, 0.717) is 22.6 Å². The SMILES string of the molecule is Nc1ccc(-n2c(=O)oc3cccnc32)cc1. The highest BCUT2D eigenvalue weighted by molar-refractivity contribution is 5.70. The molecule has 5 nitrogen and oxygen atoms in total. The Morgan fingerprint density at radius 1 is 1.18 bits per heavy atom. The van der Waals surface area contributed by atoms with Crippen molar-refractivity contribution >= 4 is 16.9 Å². The van der Waals surface area contributed by atoms with Crippen LogP contribution in [0.1, 0.15) is 0 Å². The third-order valence-electron chi connectivity index (χ3n) is 2.49. The van der Waals surface area contributed by atoms with Crippen LogP contribution in [0.5, 0.6) is 0 Å². The summed E-state index contributed by atoms with van der Waals surface area (Å²) in [6.45, 7) is 0. The summed E-state index contributed by atoms with van der Waals surface area (Å²) < 4.78 is 6.51. The normalized spacial score (nSPS) is 10.8. The lowest BCUT2D eigenvalue weighted by atomic mass is 10.3. The molecule has 84 valence electrons. The number of nitrogen functional groups attached to an aromatic ring is 1.